The van der Waals surface area contributed by atoms with Crippen molar-refractivity contribution in [2.24, 2.45) is 5.92 Å². The number of nitrogens with zero attached hydrogens (tertiary/aromatic N) is 3. The van der Waals surface area contributed by atoms with Crippen LogP contribution in [0.1, 0.15) is 19.8 Å². The smallest absolute Gasteiger partial charge is 0.240 e. The van der Waals surface area contributed by atoms with Gasteiger partial charge in [0, 0.05) is 45.8 Å². The van der Waals surface area contributed by atoms with Crippen molar-refractivity contribution in [1.29, 1.82) is 0 Å². The second kappa shape index (κ2) is 10.6. The fourth-order valence-corrected chi connectivity index (χ4v) is 5.20. The predicted octanol–water partition coefficient (Wildman–Crippen LogP) is 0.850. The molecule has 30 heavy (non-hydrogen) atoms. The van der Waals surface area contributed by atoms with Gasteiger partial charge in [0.15, 0.2) is 0 Å². The molecule has 1 atom stereocenters. The zero-order chi connectivity index (χ0) is 21.6. The Morgan fingerprint density at radius 3 is 2.40 bits per heavy atom. The number of carbonyl (C=O) groups excluding carboxylic acids is 1. The van der Waals surface area contributed by atoms with Gasteiger partial charge in [-0.05, 0) is 49.6 Å². The number of nitrogens with one attached hydrogen (secondary N) is 1. The summed E-state index contributed by atoms with van der Waals surface area (Å²) in [5.41, 5.74) is 0. The van der Waals surface area contributed by atoms with Crippen molar-refractivity contribution in [2.75, 3.05) is 66.0 Å². The molecule has 8 nitrogen and oxygen atoms in total. The standard InChI is InChI=1S/C21H34N4O4S/c1-3-23-11-13-24(14-12-23)17-21(26)25-10-4-5-18(16-25)15-22-30(27,28)20-8-6-19(29-2)7-9-20/h6-9,18,22H,3-5,10-17H2,1-2H3. The lowest BCUT2D eigenvalue weighted by molar-refractivity contribution is -0.134. The zero-order valence-corrected chi connectivity index (χ0v) is 18.9. The number of carbonyl (C=O) groups is 1. The van der Waals surface area contributed by atoms with Gasteiger partial charge < -0.3 is 14.5 Å². The molecule has 168 valence electrons. The van der Waals surface area contributed by atoms with Crippen LogP contribution in [0, 0.1) is 5.92 Å². The van der Waals surface area contributed by atoms with Crippen LogP contribution in [-0.2, 0) is 14.8 Å². The zero-order valence-electron chi connectivity index (χ0n) is 18.0. The van der Waals surface area contributed by atoms with Crippen molar-refractivity contribution in [3.05, 3.63) is 24.3 Å². The third-order valence-corrected chi connectivity index (χ3v) is 7.51. The molecule has 1 amide bonds. The SMILES string of the molecule is CCN1CCN(CC(=O)N2CCCC(CNS(=O)(=O)c3ccc(OC)cc3)C2)CC1. The highest BCUT2D eigenvalue weighted by atomic mass is 32.2. The summed E-state index contributed by atoms with van der Waals surface area (Å²) >= 11 is 0. The molecule has 2 saturated heterocycles. The molecule has 2 aliphatic rings. The summed E-state index contributed by atoms with van der Waals surface area (Å²) in [6.45, 7) is 9.28. The van der Waals surface area contributed by atoms with Crippen molar-refractivity contribution in [3.63, 3.8) is 0 Å². The Labute approximate surface area is 180 Å². The molecule has 1 N–H and O–H groups in total. The van der Waals surface area contributed by atoms with Gasteiger partial charge in [0.1, 0.15) is 5.75 Å². The van der Waals surface area contributed by atoms with Gasteiger partial charge in [-0.3, -0.25) is 9.69 Å². The maximum absolute atomic E-state index is 12.8. The van der Waals surface area contributed by atoms with Crippen LogP contribution in [0.5, 0.6) is 5.75 Å². The first-order valence-electron chi connectivity index (χ1n) is 10.8. The minimum atomic E-state index is -3.57. The Kier molecular flexibility index (Phi) is 8.10. The second-order valence-electron chi connectivity index (χ2n) is 8.09. The van der Waals surface area contributed by atoms with Crippen LogP contribution >= 0.6 is 0 Å². The van der Waals surface area contributed by atoms with Crippen LogP contribution in [0.25, 0.3) is 0 Å². The van der Waals surface area contributed by atoms with Gasteiger partial charge in [0.25, 0.3) is 0 Å². The van der Waals surface area contributed by atoms with E-state index in [-0.39, 0.29) is 16.7 Å². The third kappa shape index (κ3) is 6.16. The Bertz CT molecular complexity index is 792. The van der Waals surface area contributed by atoms with E-state index in [4.69, 9.17) is 4.74 Å². The second-order valence-corrected chi connectivity index (χ2v) is 9.85. The summed E-state index contributed by atoms with van der Waals surface area (Å²) in [5.74, 6) is 0.904. The molecule has 0 aromatic heterocycles. The Morgan fingerprint density at radius 1 is 1.10 bits per heavy atom. The van der Waals surface area contributed by atoms with E-state index in [0.29, 0.717) is 25.4 Å². The molecule has 3 rings (SSSR count). The number of rotatable bonds is 8. The normalized spacial score (nSPS) is 21.5. The van der Waals surface area contributed by atoms with Gasteiger partial charge in [0.2, 0.25) is 15.9 Å². The van der Waals surface area contributed by atoms with E-state index in [1.807, 2.05) is 4.90 Å². The van der Waals surface area contributed by atoms with E-state index in [1.54, 1.807) is 19.2 Å². The molecule has 9 heteroatoms. The number of sulfonamides is 1. The first kappa shape index (κ1) is 23.0. The summed E-state index contributed by atoms with van der Waals surface area (Å²) in [7, 11) is -2.03. The van der Waals surface area contributed by atoms with Crippen molar-refractivity contribution in [1.82, 2.24) is 19.4 Å². The fraction of sp³-hybridized carbons (Fsp3) is 0.667. The number of piperidine rings is 1. The number of likely N-dealkylation sites (N-methyl/N-ethyl adjacent to an activating group) is 1. The van der Waals surface area contributed by atoms with Crippen LogP contribution in [0.2, 0.25) is 0 Å². The highest BCUT2D eigenvalue weighted by Crippen LogP contribution is 2.19. The lowest BCUT2D eigenvalue weighted by Crippen LogP contribution is -2.51. The number of amides is 1. The maximum Gasteiger partial charge on any atom is 0.240 e. The summed E-state index contributed by atoms with van der Waals surface area (Å²) in [6.07, 6.45) is 1.83. The molecule has 0 aliphatic carbocycles. The number of likely N-dealkylation sites (tertiary alicyclic amines) is 1. The van der Waals surface area contributed by atoms with Gasteiger partial charge >= 0.3 is 0 Å². The lowest BCUT2D eigenvalue weighted by Gasteiger charge is -2.37. The van der Waals surface area contributed by atoms with E-state index in [1.165, 1.54) is 12.1 Å². The highest BCUT2D eigenvalue weighted by molar-refractivity contribution is 7.89. The van der Waals surface area contributed by atoms with Gasteiger partial charge in [-0.2, -0.15) is 0 Å². The topological polar surface area (TPSA) is 82.2 Å². The molecule has 0 saturated carbocycles. The van der Waals surface area contributed by atoms with Crippen LogP contribution in [-0.4, -0.2) is 95.0 Å². The average Bonchev–Trinajstić information content (AvgIpc) is 2.78. The summed E-state index contributed by atoms with van der Waals surface area (Å²) in [5, 5.41) is 0. The number of ether oxygens (including phenoxy) is 1. The molecular weight excluding hydrogens is 404 g/mol. The fourth-order valence-electron chi connectivity index (χ4n) is 4.08. The number of piperazine rings is 1. The molecular formula is C21H34N4O4S. The lowest BCUT2D eigenvalue weighted by atomic mass is 9.98. The number of hydrogen-bond donors (Lipinski definition) is 1. The number of methoxy groups -OCH3 is 1. The maximum atomic E-state index is 12.8. The molecule has 1 aromatic carbocycles. The van der Waals surface area contributed by atoms with E-state index < -0.39 is 10.0 Å². The van der Waals surface area contributed by atoms with Crippen LogP contribution in [0.15, 0.2) is 29.2 Å². The quantitative estimate of drug-likeness (QED) is 0.648. The van der Waals surface area contributed by atoms with Gasteiger partial charge in [0.05, 0.1) is 18.6 Å². The first-order chi connectivity index (χ1) is 14.4. The van der Waals surface area contributed by atoms with Gasteiger partial charge in [-0.1, -0.05) is 6.92 Å². The van der Waals surface area contributed by atoms with E-state index in [0.717, 1.165) is 52.1 Å². The van der Waals surface area contributed by atoms with Crippen molar-refractivity contribution < 1.29 is 17.9 Å². The average molecular weight is 439 g/mol. The van der Waals surface area contributed by atoms with Gasteiger partial charge in [-0.25, -0.2) is 13.1 Å². The minimum absolute atomic E-state index is 0.132. The Balaban J connectivity index is 1.47. The molecule has 1 aromatic rings. The van der Waals surface area contributed by atoms with Crippen LogP contribution in [0.3, 0.4) is 0 Å². The molecule has 1 unspecified atom stereocenters. The Morgan fingerprint density at radius 2 is 1.77 bits per heavy atom. The first-order valence-corrected chi connectivity index (χ1v) is 12.3. The monoisotopic (exact) mass is 438 g/mol. The molecule has 2 fully saturated rings. The molecule has 0 bridgehead atoms. The Hall–Kier alpha value is -1.68. The highest BCUT2D eigenvalue weighted by Gasteiger charge is 2.27. The van der Waals surface area contributed by atoms with Gasteiger partial charge in [-0.15, -0.1) is 0 Å². The van der Waals surface area contributed by atoms with E-state index in [9.17, 15) is 13.2 Å². The molecule has 0 radical (unpaired) electrons. The van der Waals surface area contributed by atoms with Crippen LogP contribution in [0.4, 0.5) is 0 Å². The summed E-state index contributed by atoms with van der Waals surface area (Å²) in [4.78, 5) is 19.5. The predicted molar refractivity (Wildman–Crippen MR) is 116 cm³/mol. The van der Waals surface area contributed by atoms with Crippen LogP contribution < -0.4 is 9.46 Å². The molecule has 0 spiro atoms. The van der Waals surface area contributed by atoms with Crippen molar-refractivity contribution >= 4 is 15.9 Å². The summed E-state index contributed by atoms with van der Waals surface area (Å²) in [6, 6.07) is 6.35. The van der Waals surface area contributed by atoms with E-state index in [2.05, 4.69) is 21.4 Å². The van der Waals surface area contributed by atoms with Crippen molar-refractivity contribution in [2.45, 2.75) is 24.7 Å². The molecule has 2 heterocycles. The summed E-state index contributed by atoms with van der Waals surface area (Å²) < 4.78 is 32.9. The number of benzene rings is 1. The largest absolute Gasteiger partial charge is 0.497 e. The minimum Gasteiger partial charge on any atom is -0.497 e. The third-order valence-electron chi connectivity index (χ3n) is 6.07. The van der Waals surface area contributed by atoms with E-state index >= 15 is 0 Å². The number of hydrogen-bond acceptors (Lipinski definition) is 6. The van der Waals surface area contributed by atoms with Crippen molar-refractivity contribution in [3.8, 4) is 5.75 Å². The molecule has 2 aliphatic heterocycles.